The molecule has 0 bridgehead atoms. The molecule has 0 radical (unpaired) electrons. The van der Waals surface area contributed by atoms with Gasteiger partial charge in [0.05, 0.1) is 7.11 Å². The Kier molecular flexibility index (Phi) is 5.89. The lowest BCUT2D eigenvalue weighted by Gasteiger charge is -2.26. The predicted octanol–water partition coefficient (Wildman–Crippen LogP) is 4.37. The summed E-state index contributed by atoms with van der Waals surface area (Å²) in [4.78, 5) is 12.0. The lowest BCUT2D eigenvalue weighted by atomic mass is 9.85. The highest BCUT2D eigenvalue weighted by Crippen LogP contribution is 2.29. The number of nitrogens with one attached hydrogen (secondary N) is 1. The molecule has 0 aromatic heterocycles. The molecular formula is C16H22BrNO2. The zero-order valence-electron chi connectivity index (χ0n) is 11.9. The zero-order chi connectivity index (χ0) is 14.4. The molecule has 1 unspecified atom stereocenters. The lowest BCUT2D eigenvalue weighted by molar-refractivity contribution is -0.142. The number of rotatable bonds is 5. The normalized spacial score (nSPS) is 17.5. The van der Waals surface area contributed by atoms with Crippen molar-refractivity contribution in [1.29, 1.82) is 0 Å². The number of carbonyl (C=O) groups is 1. The first-order valence-corrected chi connectivity index (χ1v) is 8.09. The summed E-state index contributed by atoms with van der Waals surface area (Å²) in [7, 11) is 1.46. The standard InChI is InChI=1S/C16H22BrNO2/c1-20-16(19)15(11-12-7-3-2-4-8-12)18-14-10-6-5-9-13(14)17/h5-6,9-10,12,15,18H,2-4,7-8,11H2,1H3. The number of methoxy groups -OCH3 is 1. The van der Waals surface area contributed by atoms with Crippen molar-refractivity contribution in [3.8, 4) is 0 Å². The second-order valence-electron chi connectivity index (χ2n) is 5.44. The summed E-state index contributed by atoms with van der Waals surface area (Å²) < 4.78 is 5.92. The topological polar surface area (TPSA) is 38.3 Å². The van der Waals surface area contributed by atoms with Gasteiger partial charge in [-0.3, -0.25) is 0 Å². The van der Waals surface area contributed by atoms with E-state index in [1.165, 1.54) is 39.2 Å². The Bertz CT molecular complexity index is 444. The van der Waals surface area contributed by atoms with Crippen LogP contribution in [0.2, 0.25) is 0 Å². The van der Waals surface area contributed by atoms with Crippen molar-refractivity contribution in [2.75, 3.05) is 12.4 Å². The molecule has 4 heteroatoms. The minimum absolute atomic E-state index is 0.175. The Morgan fingerprint density at radius 3 is 2.70 bits per heavy atom. The molecule has 3 nitrogen and oxygen atoms in total. The number of anilines is 1. The SMILES string of the molecule is COC(=O)C(CC1CCCCC1)Nc1ccccc1Br. The predicted molar refractivity (Wildman–Crippen MR) is 84.8 cm³/mol. The maximum Gasteiger partial charge on any atom is 0.328 e. The molecule has 1 atom stereocenters. The molecular weight excluding hydrogens is 318 g/mol. The van der Waals surface area contributed by atoms with Crippen LogP contribution in [0.3, 0.4) is 0 Å². The molecule has 20 heavy (non-hydrogen) atoms. The van der Waals surface area contributed by atoms with Gasteiger partial charge in [-0.1, -0.05) is 44.2 Å². The minimum atomic E-state index is -0.262. The highest BCUT2D eigenvalue weighted by molar-refractivity contribution is 9.10. The van der Waals surface area contributed by atoms with Crippen LogP contribution < -0.4 is 5.32 Å². The number of benzene rings is 1. The largest absolute Gasteiger partial charge is 0.467 e. The molecule has 1 aromatic rings. The van der Waals surface area contributed by atoms with Crippen LogP contribution in [0.15, 0.2) is 28.7 Å². The van der Waals surface area contributed by atoms with E-state index >= 15 is 0 Å². The third kappa shape index (κ3) is 4.23. The molecule has 0 saturated heterocycles. The zero-order valence-corrected chi connectivity index (χ0v) is 13.5. The Balaban J connectivity index is 2.03. The summed E-state index contributed by atoms with van der Waals surface area (Å²) in [6.45, 7) is 0. The molecule has 1 aliphatic rings. The van der Waals surface area contributed by atoms with Crippen LogP contribution in [0.5, 0.6) is 0 Å². The Labute approximate surface area is 129 Å². The number of hydrogen-bond donors (Lipinski definition) is 1. The molecule has 0 heterocycles. The average molecular weight is 340 g/mol. The van der Waals surface area contributed by atoms with E-state index in [4.69, 9.17) is 4.74 Å². The van der Waals surface area contributed by atoms with Crippen LogP contribution in [0.1, 0.15) is 38.5 Å². The minimum Gasteiger partial charge on any atom is -0.467 e. The molecule has 1 N–H and O–H groups in total. The van der Waals surface area contributed by atoms with Crippen molar-refractivity contribution in [2.24, 2.45) is 5.92 Å². The van der Waals surface area contributed by atoms with E-state index in [1.54, 1.807) is 0 Å². The van der Waals surface area contributed by atoms with E-state index in [9.17, 15) is 4.79 Å². The first kappa shape index (κ1) is 15.4. The van der Waals surface area contributed by atoms with Gasteiger partial charge in [-0.05, 0) is 40.4 Å². The van der Waals surface area contributed by atoms with Crippen LogP contribution in [0, 0.1) is 5.92 Å². The second kappa shape index (κ2) is 7.67. The first-order valence-electron chi connectivity index (χ1n) is 7.29. The van der Waals surface area contributed by atoms with E-state index in [0.717, 1.165) is 16.6 Å². The van der Waals surface area contributed by atoms with Gasteiger partial charge in [-0.15, -0.1) is 0 Å². The fourth-order valence-corrected chi connectivity index (χ4v) is 3.28. The van der Waals surface area contributed by atoms with Crippen LogP contribution >= 0.6 is 15.9 Å². The molecule has 1 fully saturated rings. The molecule has 1 aliphatic carbocycles. The molecule has 2 rings (SSSR count). The first-order chi connectivity index (χ1) is 9.70. The number of ether oxygens (including phenoxy) is 1. The molecule has 1 saturated carbocycles. The van der Waals surface area contributed by atoms with Gasteiger partial charge in [0.15, 0.2) is 0 Å². The van der Waals surface area contributed by atoms with E-state index in [0.29, 0.717) is 5.92 Å². The van der Waals surface area contributed by atoms with Crippen LogP contribution in [0.4, 0.5) is 5.69 Å². The van der Waals surface area contributed by atoms with Crippen molar-refractivity contribution in [2.45, 2.75) is 44.6 Å². The van der Waals surface area contributed by atoms with Crippen LogP contribution in [0.25, 0.3) is 0 Å². The average Bonchev–Trinajstić information content (AvgIpc) is 2.49. The number of carbonyl (C=O) groups excluding carboxylic acids is 1. The van der Waals surface area contributed by atoms with E-state index < -0.39 is 0 Å². The van der Waals surface area contributed by atoms with Crippen molar-refractivity contribution in [1.82, 2.24) is 0 Å². The number of hydrogen-bond acceptors (Lipinski definition) is 3. The molecule has 1 aromatic carbocycles. The Hall–Kier alpha value is -1.03. The van der Waals surface area contributed by atoms with Gasteiger partial charge in [-0.2, -0.15) is 0 Å². The highest BCUT2D eigenvalue weighted by Gasteiger charge is 2.25. The van der Waals surface area contributed by atoms with Gasteiger partial charge < -0.3 is 10.1 Å². The molecule has 0 aliphatic heterocycles. The highest BCUT2D eigenvalue weighted by atomic mass is 79.9. The number of esters is 1. The molecule has 0 spiro atoms. The fraction of sp³-hybridized carbons (Fsp3) is 0.562. The molecule has 110 valence electrons. The van der Waals surface area contributed by atoms with Gasteiger partial charge >= 0.3 is 5.97 Å². The third-order valence-electron chi connectivity index (χ3n) is 3.98. The van der Waals surface area contributed by atoms with Crippen molar-refractivity contribution < 1.29 is 9.53 Å². The summed E-state index contributed by atoms with van der Waals surface area (Å²) in [5.41, 5.74) is 0.943. The van der Waals surface area contributed by atoms with Gasteiger partial charge in [0.2, 0.25) is 0 Å². The third-order valence-corrected chi connectivity index (χ3v) is 4.67. The monoisotopic (exact) mass is 339 g/mol. The smallest absolute Gasteiger partial charge is 0.328 e. The summed E-state index contributed by atoms with van der Waals surface area (Å²) in [5.74, 6) is 0.453. The second-order valence-corrected chi connectivity index (χ2v) is 6.29. The van der Waals surface area contributed by atoms with Crippen molar-refractivity contribution >= 4 is 27.6 Å². The van der Waals surface area contributed by atoms with Crippen LogP contribution in [-0.4, -0.2) is 19.1 Å². The maximum atomic E-state index is 12.0. The Morgan fingerprint density at radius 1 is 1.35 bits per heavy atom. The van der Waals surface area contributed by atoms with Crippen molar-refractivity contribution in [3.63, 3.8) is 0 Å². The fourth-order valence-electron chi connectivity index (χ4n) is 2.88. The van der Waals surface area contributed by atoms with Gasteiger partial charge in [-0.25, -0.2) is 4.79 Å². The quantitative estimate of drug-likeness (QED) is 0.809. The Morgan fingerprint density at radius 2 is 2.05 bits per heavy atom. The van der Waals surface area contributed by atoms with Gasteiger partial charge in [0, 0.05) is 10.2 Å². The maximum absolute atomic E-state index is 12.0. The summed E-state index contributed by atoms with van der Waals surface area (Å²) in [5, 5.41) is 3.32. The van der Waals surface area contributed by atoms with E-state index in [2.05, 4.69) is 21.2 Å². The number of para-hydroxylation sites is 1. The van der Waals surface area contributed by atoms with E-state index in [1.807, 2.05) is 24.3 Å². The molecule has 0 amide bonds. The van der Waals surface area contributed by atoms with E-state index in [-0.39, 0.29) is 12.0 Å². The number of halogens is 1. The summed E-state index contributed by atoms with van der Waals surface area (Å²) >= 11 is 3.51. The summed E-state index contributed by atoms with van der Waals surface area (Å²) in [6.07, 6.45) is 7.21. The van der Waals surface area contributed by atoms with Crippen LogP contribution in [-0.2, 0) is 9.53 Å². The lowest BCUT2D eigenvalue weighted by Crippen LogP contribution is -2.33. The van der Waals surface area contributed by atoms with Gasteiger partial charge in [0.1, 0.15) is 6.04 Å². The van der Waals surface area contributed by atoms with Crippen molar-refractivity contribution in [3.05, 3.63) is 28.7 Å². The van der Waals surface area contributed by atoms with Gasteiger partial charge in [0.25, 0.3) is 0 Å². The summed E-state index contributed by atoms with van der Waals surface area (Å²) in [6, 6.07) is 7.60.